The molecule has 0 amide bonds. The van der Waals surface area contributed by atoms with Gasteiger partial charge in [0.05, 0.1) is 11.7 Å². The zero-order valence-electron chi connectivity index (χ0n) is 16.7. The van der Waals surface area contributed by atoms with Crippen LogP contribution in [0.1, 0.15) is 55.6 Å². The van der Waals surface area contributed by atoms with Gasteiger partial charge in [0, 0.05) is 17.1 Å². The molecular formula is C24H25N3OS2. The molecular weight excluding hydrogens is 410 g/mol. The van der Waals surface area contributed by atoms with Gasteiger partial charge < -0.3 is 14.6 Å². The monoisotopic (exact) mass is 435 g/mol. The van der Waals surface area contributed by atoms with E-state index in [9.17, 15) is 0 Å². The van der Waals surface area contributed by atoms with Gasteiger partial charge in [-0.25, -0.2) is 0 Å². The Bertz CT molecular complexity index is 986. The summed E-state index contributed by atoms with van der Waals surface area (Å²) in [5, 5.41) is 5.27. The van der Waals surface area contributed by atoms with Gasteiger partial charge in [-0.15, -0.1) is 0 Å². The third kappa shape index (κ3) is 3.98. The van der Waals surface area contributed by atoms with Crippen LogP contribution in [0, 0.1) is 0 Å². The van der Waals surface area contributed by atoms with Crippen molar-refractivity contribution in [2.24, 2.45) is 0 Å². The van der Waals surface area contributed by atoms with E-state index in [1.54, 1.807) is 11.8 Å². The van der Waals surface area contributed by atoms with Crippen LogP contribution in [0.5, 0.6) is 0 Å². The first-order valence-corrected chi connectivity index (χ1v) is 11.8. The van der Waals surface area contributed by atoms with Crippen LogP contribution >= 0.6 is 24.0 Å². The van der Waals surface area contributed by atoms with Crippen LogP contribution in [0.2, 0.25) is 0 Å². The molecule has 1 aromatic carbocycles. The molecule has 0 spiro atoms. The molecule has 1 saturated carbocycles. The lowest BCUT2D eigenvalue weighted by Gasteiger charge is -2.36. The minimum atomic E-state index is -0.0126. The SMILES string of the molecule is S=C1NC(c2ccccn2)C(c2ccc(Sc3ccccc3)o2)N1C1CCCCC1. The molecule has 2 aliphatic rings. The van der Waals surface area contributed by atoms with E-state index in [2.05, 4.69) is 45.5 Å². The first kappa shape index (κ1) is 19.6. The zero-order valence-corrected chi connectivity index (χ0v) is 18.4. The van der Waals surface area contributed by atoms with Crippen molar-refractivity contribution in [1.82, 2.24) is 15.2 Å². The van der Waals surface area contributed by atoms with Crippen LogP contribution in [-0.4, -0.2) is 21.0 Å². The van der Waals surface area contributed by atoms with Crippen LogP contribution in [-0.2, 0) is 0 Å². The molecule has 2 fully saturated rings. The molecule has 2 aromatic heterocycles. The molecule has 3 heterocycles. The number of aromatic nitrogens is 1. The van der Waals surface area contributed by atoms with Crippen molar-refractivity contribution in [1.29, 1.82) is 0 Å². The predicted octanol–water partition coefficient (Wildman–Crippen LogP) is 6.13. The number of furan rings is 1. The van der Waals surface area contributed by atoms with Crippen LogP contribution in [0.4, 0.5) is 0 Å². The summed E-state index contributed by atoms with van der Waals surface area (Å²) in [6, 6.07) is 21.0. The molecule has 1 aliphatic heterocycles. The summed E-state index contributed by atoms with van der Waals surface area (Å²) >= 11 is 7.48. The maximum atomic E-state index is 6.39. The van der Waals surface area contributed by atoms with Gasteiger partial charge in [0.2, 0.25) is 0 Å². The van der Waals surface area contributed by atoms with Crippen molar-refractivity contribution in [3.8, 4) is 0 Å². The normalized spacial score (nSPS) is 22.3. The highest BCUT2D eigenvalue weighted by Crippen LogP contribution is 2.44. The van der Waals surface area contributed by atoms with Gasteiger partial charge in [-0.2, -0.15) is 0 Å². The number of thiocarbonyl (C=S) groups is 1. The second-order valence-electron chi connectivity index (χ2n) is 7.90. The number of hydrogen-bond acceptors (Lipinski definition) is 4. The van der Waals surface area contributed by atoms with Crippen molar-refractivity contribution in [2.45, 2.75) is 60.2 Å². The maximum Gasteiger partial charge on any atom is 0.170 e. The van der Waals surface area contributed by atoms with Crippen molar-refractivity contribution in [3.05, 3.63) is 78.3 Å². The number of nitrogens with one attached hydrogen (secondary N) is 1. The van der Waals surface area contributed by atoms with Gasteiger partial charge in [-0.1, -0.05) is 55.3 Å². The summed E-state index contributed by atoms with van der Waals surface area (Å²) in [6.45, 7) is 0. The van der Waals surface area contributed by atoms with E-state index >= 15 is 0 Å². The standard InChI is InChI=1S/C24H25N3OS2/c29-24-26-22(19-13-7-8-16-25-19)23(27(24)17-9-3-1-4-10-17)20-14-15-21(28-20)30-18-11-5-2-6-12-18/h2,5-8,11-17,22-23H,1,3-4,9-10H2,(H,26,29). The second-order valence-corrected chi connectivity index (χ2v) is 9.36. The minimum Gasteiger partial charge on any atom is -0.452 e. The maximum absolute atomic E-state index is 6.39. The van der Waals surface area contributed by atoms with Gasteiger partial charge in [-0.05, 0) is 61.5 Å². The third-order valence-corrected chi connectivity index (χ3v) is 7.22. The summed E-state index contributed by atoms with van der Waals surface area (Å²) in [6.07, 6.45) is 8.05. The predicted molar refractivity (Wildman–Crippen MR) is 123 cm³/mol. The number of pyridine rings is 1. The molecule has 5 rings (SSSR count). The first-order chi connectivity index (χ1) is 14.8. The topological polar surface area (TPSA) is 41.3 Å². The fraction of sp³-hybridized carbons (Fsp3) is 0.333. The zero-order chi connectivity index (χ0) is 20.3. The fourth-order valence-corrected chi connectivity index (χ4v) is 5.76. The average Bonchev–Trinajstić information content (AvgIpc) is 3.39. The van der Waals surface area contributed by atoms with E-state index in [-0.39, 0.29) is 12.1 Å². The average molecular weight is 436 g/mol. The quantitative estimate of drug-likeness (QED) is 0.486. The van der Waals surface area contributed by atoms with Gasteiger partial charge in [-0.3, -0.25) is 4.98 Å². The lowest BCUT2D eigenvalue weighted by Crippen LogP contribution is -2.40. The Labute approximate surface area is 187 Å². The van der Waals surface area contributed by atoms with Gasteiger partial charge in [0.1, 0.15) is 11.8 Å². The Balaban J connectivity index is 1.48. The Kier molecular flexibility index (Phi) is 5.77. The molecule has 2 unspecified atom stereocenters. The highest BCUT2D eigenvalue weighted by atomic mass is 32.2. The van der Waals surface area contributed by atoms with Gasteiger partial charge in [0.25, 0.3) is 0 Å². The molecule has 3 aromatic rings. The molecule has 4 nitrogen and oxygen atoms in total. The Hall–Kier alpha value is -2.31. The largest absolute Gasteiger partial charge is 0.452 e. The van der Waals surface area contributed by atoms with Crippen molar-refractivity contribution in [3.63, 3.8) is 0 Å². The summed E-state index contributed by atoms with van der Waals surface area (Å²) < 4.78 is 6.39. The summed E-state index contributed by atoms with van der Waals surface area (Å²) in [5.74, 6) is 0.946. The molecule has 0 bridgehead atoms. The Morgan fingerprint density at radius 2 is 1.77 bits per heavy atom. The van der Waals surface area contributed by atoms with E-state index in [1.165, 1.54) is 37.0 Å². The van der Waals surface area contributed by atoms with E-state index < -0.39 is 0 Å². The van der Waals surface area contributed by atoms with E-state index in [0.29, 0.717) is 6.04 Å². The van der Waals surface area contributed by atoms with Crippen molar-refractivity contribution < 1.29 is 4.42 Å². The number of nitrogens with zero attached hydrogens (tertiary/aromatic N) is 2. The minimum absolute atomic E-state index is 0.0126. The van der Waals surface area contributed by atoms with Gasteiger partial charge in [0.15, 0.2) is 10.2 Å². The van der Waals surface area contributed by atoms with Crippen LogP contribution in [0.25, 0.3) is 0 Å². The van der Waals surface area contributed by atoms with Crippen LogP contribution < -0.4 is 5.32 Å². The molecule has 154 valence electrons. The molecule has 6 heteroatoms. The Morgan fingerprint density at radius 1 is 0.967 bits per heavy atom. The van der Waals surface area contributed by atoms with Crippen molar-refractivity contribution >= 4 is 29.1 Å². The molecule has 1 N–H and O–H groups in total. The Morgan fingerprint density at radius 3 is 2.53 bits per heavy atom. The number of rotatable bonds is 5. The van der Waals surface area contributed by atoms with E-state index in [0.717, 1.165) is 21.7 Å². The molecule has 1 aliphatic carbocycles. The van der Waals surface area contributed by atoms with Gasteiger partial charge >= 0.3 is 0 Å². The summed E-state index contributed by atoms with van der Waals surface area (Å²) in [7, 11) is 0. The fourth-order valence-electron chi connectivity index (χ4n) is 4.58. The lowest BCUT2D eigenvalue weighted by atomic mass is 9.92. The van der Waals surface area contributed by atoms with Crippen molar-refractivity contribution in [2.75, 3.05) is 0 Å². The number of hydrogen-bond donors (Lipinski definition) is 1. The molecule has 0 radical (unpaired) electrons. The van der Waals surface area contributed by atoms with Crippen LogP contribution in [0.3, 0.4) is 0 Å². The summed E-state index contributed by atoms with van der Waals surface area (Å²) in [5.41, 5.74) is 0.997. The molecule has 1 saturated heterocycles. The van der Waals surface area contributed by atoms with E-state index in [1.807, 2.05) is 36.5 Å². The lowest BCUT2D eigenvalue weighted by molar-refractivity contribution is 0.174. The number of benzene rings is 1. The van der Waals surface area contributed by atoms with E-state index in [4.69, 9.17) is 16.6 Å². The highest BCUT2D eigenvalue weighted by molar-refractivity contribution is 7.99. The van der Waals surface area contributed by atoms with Crippen LogP contribution in [0.15, 0.2) is 81.3 Å². The summed E-state index contributed by atoms with van der Waals surface area (Å²) in [4.78, 5) is 8.19. The first-order valence-electron chi connectivity index (χ1n) is 10.6. The third-order valence-electron chi connectivity index (χ3n) is 5.96. The highest BCUT2D eigenvalue weighted by Gasteiger charge is 2.44. The molecule has 30 heavy (non-hydrogen) atoms. The smallest absolute Gasteiger partial charge is 0.170 e. The second kappa shape index (κ2) is 8.82. The molecule has 2 atom stereocenters.